The van der Waals surface area contributed by atoms with Crippen LogP contribution in [0.1, 0.15) is 17.3 Å². The van der Waals surface area contributed by atoms with Crippen LogP contribution in [0.3, 0.4) is 0 Å². The molecule has 0 radical (unpaired) electrons. The number of rotatable bonds is 3. The number of carboxylic acids is 1. The van der Waals surface area contributed by atoms with Crippen molar-refractivity contribution in [1.82, 2.24) is 0 Å². The average Bonchev–Trinajstić information content (AvgIpc) is 2.20. The van der Waals surface area contributed by atoms with Gasteiger partial charge < -0.3 is 10.4 Å². The molecule has 0 saturated carbocycles. The molecule has 6 heteroatoms. The number of halogens is 1. The number of hydrogen-bond acceptors (Lipinski definition) is 3. The van der Waals surface area contributed by atoms with Crippen molar-refractivity contribution in [3.05, 3.63) is 29.6 Å². The minimum absolute atomic E-state index is 0.408. The Hall–Kier alpha value is -2.24. The van der Waals surface area contributed by atoms with E-state index in [1.165, 1.54) is 6.07 Å². The van der Waals surface area contributed by atoms with Crippen LogP contribution in [-0.2, 0) is 9.59 Å². The van der Waals surface area contributed by atoms with Gasteiger partial charge in [0.25, 0.3) is 5.91 Å². The van der Waals surface area contributed by atoms with E-state index >= 15 is 0 Å². The topological polar surface area (TPSA) is 83.5 Å². The summed E-state index contributed by atoms with van der Waals surface area (Å²) in [4.78, 5) is 32.4. The quantitative estimate of drug-likeness (QED) is 0.753. The second-order valence-electron chi connectivity index (χ2n) is 2.98. The molecule has 0 unspecified atom stereocenters. The van der Waals surface area contributed by atoms with Gasteiger partial charge in [-0.1, -0.05) is 6.07 Å². The van der Waals surface area contributed by atoms with Gasteiger partial charge in [-0.3, -0.25) is 9.59 Å². The minimum atomic E-state index is -1.39. The molecule has 0 aliphatic carbocycles. The van der Waals surface area contributed by atoms with Crippen molar-refractivity contribution in [2.75, 3.05) is 5.32 Å². The zero-order valence-corrected chi connectivity index (χ0v) is 8.28. The van der Waals surface area contributed by atoms with Crippen LogP contribution in [-0.4, -0.2) is 22.8 Å². The molecule has 0 fully saturated rings. The number of Topliss-reactive ketones (excluding diaryl/α,β-unsaturated/α-hetero) is 1. The van der Waals surface area contributed by atoms with Crippen LogP contribution >= 0.6 is 0 Å². The number of anilines is 1. The Morgan fingerprint density at radius 2 is 1.94 bits per heavy atom. The summed E-state index contributed by atoms with van der Waals surface area (Å²) in [6.07, 6.45) is 0. The van der Waals surface area contributed by atoms with Gasteiger partial charge in [-0.05, 0) is 12.1 Å². The van der Waals surface area contributed by atoms with E-state index in [2.05, 4.69) is 0 Å². The third-order valence-corrected chi connectivity index (χ3v) is 1.80. The van der Waals surface area contributed by atoms with E-state index in [1.807, 2.05) is 5.32 Å². The molecule has 0 aliphatic rings. The van der Waals surface area contributed by atoms with Gasteiger partial charge in [-0.15, -0.1) is 0 Å². The summed E-state index contributed by atoms with van der Waals surface area (Å²) in [6, 6.07) is 3.31. The number of ketones is 1. The second kappa shape index (κ2) is 4.52. The van der Waals surface area contributed by atoms with Crippen molar-refractivity contribution in [3.63, 3.8) is 0 Å². The third kappa shape index (κ3) is 2.41. The van der Waals surface area contributed by atoms with Crippen LogP contribution in [0.4, 0.5) is 10.1 Å². The average molecular weight is 225 g/mol. The molecule has 0 saturated heterocycles. The summed E-state index contributed by atoms with van der Waals surface area (Å²) < 4.78 is 13.2. The maximum atomic E-state index is 13.2. The first-order valence-electron chi connectivity index (χ1n) is 4.27. The highest BCUT2D eigenvalue weighted by atomic mass is 19.1. The van der Waals surface area contributed by atoms with Crippen LogP contribution in [0.15, 0.2) is 18.2 Å². The molecule has 0 bridgehead atoms. The Morgan fingerprint density at radius 1 is 1.31 bits per heavy atom. The first-order valence-corrected chi connectivity index (χ1v) is 4.27. The number of aromatic carboxylic acids is 1. The second-order valence-corrected chi connectivity index (χ2v) is 2.98. The summed E-state index contributed by atoms with van der Waals surface area (Å²) in [6.45, 7) is 0.997. The SMILES string of the molecule is CC(=O)C(=O)Nc1c(F)cccc1C(=O)O. The molecule has 1 rings (SSSR count). The standard InChI is InChI=1S/C10H8FNO4/c1-5(13)9(14)12-8-6(10(15)16)3-2-4-7(8)11/h2-4H,1H3,(H,12,14)(H,15,16). The van der Waals surface area contributed by atoms with E-state index in [9.17, 15) is 18.8 Å². The lowest BCUT2D eigenvalue weighted by Crippen LogP contribution is -2.22. The molecule has 84 valence electrons. The van der Waals surface area contributed by atoms with E-state index in [0.717, 1.165) is 19.1 Å². The smallest absolute Gasteiger partial charge is 0.337 e. The molecule has 0 heterocycles. The zero-order valence-electron chi connectivity index (χ0n) is 8.28. The first kappa shape index (κ1) is 11.8. The van der Waals surface area contributed by atoms with Crippen LogP contribution in [0, 0.1) is 5.82 Å². The van der Waals surface area contributed by atoms with Crippen molar-refractivity contribution < 1.29 is 23.9 Å². The molecule has 1 amide bonds. The normalized spacial score (nSPS) is 9.62. The van der Waals surface area contributed by atoms with Gasteiger partial charge in [0.15, 0.2) is 0 Å². The van der Waals surface area contributed by atoms with E-state index < -0.39 is 34.7 Å². The lowest BCUT2D eigenvalue weighted by atomic mass is 10.1. The zero-order chi connectivity index (χ0) is 12.3. The Balaban J connectivity index is 3.16. The maximum absolute atomic E-state index is 13.2. The Labute approximate surface area is 89.9 Å². The molecular formula is C10H8FNO4. The first-order chi connectivity index (χ1) is 7.43. The molecular weight excluding hydrogens is 217 g/mol. The number of nitrogens with one attached hydrogen (secondary N) is 1. The Kier molecular flexibility index (Phi) is 3.34. The molecule has 2 N–H and O–H groups in total. The van der Waals surface area contributed by atoms with Crippen molar-refractivity contribution in [1.29, 1.82) is 0 Å². The summed E-state index contributed by atoms with van der Waals surface area (Å²) in [5, 5.41) is 10.7. The van der Waals surface area contributed by atoms with Gasteiger partial charge >= 0.3 is 5.97 Å². The van der Waals surface area contributed by atoms with Crippen LogP contribution in [0.5, 0.6) is 0 Å². The predicted octanol–water partition coefficient (Wildman–Crippen LogP) is 1.05. The van der Waals surface area contributed by atoms with Gasteiger partial charge in [-0.25, -0.2) is 9.18 Å². The van der Waals surface area contributed by atoms with Gasteiger partial charge in [0.05, 0.1) is 11.3 Å². The van der Waals surface area contributed by atoms with Crippen LogP contribution < -0.4 is 5.32 Å². The summed E-state index contributed by atoms with van der Waals surface area (Å²) >= 11 is 0. The van der Waals surface area contributed by atoms with Crippen LogP contribution in [0.2, 0.25) is 0 Å². The summed E-state index contributed by atoms with van der Waals surface area (Å²) in [5.74, 6) is -4.19. The van der Waals surface area contributed by atoms with Gasteiger partial charge in [0.2, 0.25) is 5.78 Å². The number of para-hydroxylation sites is 1. The fourth-order valence-corrected chi connectivity index (χ4v) is 1.03. The highest BCUT2D eigenvalue weighted by molar-refractivity contribution is 6.40. The predicted molar refractivity (Wildman–Crippen MR) is 52.7 cm³/mol. The van der Waals surface area contributed by atoms with Crippen LogP contribution in [0.25, 0.3) is 0 Å². The van der Waals surface area contributed by atoms with Crippen molar-refractivity contribution >= 4 is 23.3 Å². The number of amides is 1. The molecule has 0 aromatic heterocycles. The monoisotopic (exact) mass is 225 g/mol. The number of benzene rings is 1. The van der Waals surface area contributed by atoms with Gasteiger partial charge in [-0.2, -0.15) is 0 Å². The maximum Gasteiger partial charge on any atom is 0.337 e. The summed E-state index contributed by atoms with van der Waals surface area (Å²) in [7, 11) is 0. The molecule has 0 spiro atoms. The molecule has 0 aliphatic heterocycles. The van der Waals surface area contributed by atoms with Crippen molar-refractivity contribution in [3.8, 4) is 0 Å². The number of carboxylic acid groups (broad SMARTS) is 1. The Bertz CT molecular complexity index is 470. The van der Waals surface area contributed by atoms with E-state index in [-0.39, 0.29) is 0 Å². The molecule has 0 atom stereocenters. The highest BCUT2D eigenvalue weighted by Crippen LogP contribution is 2.19. The molecule has 1 aromatic carbocycles. The molecule has 1 aromatic rings. The fraction of sp³-hybridized carbons (Fsp3) is 0.100. The minimum Gasteiger partial charge on any atom is -0.478 e. The largest absolute Gasteiger partial charge is 0.478 e. The van der Waals surface area contributed by atoms with E-state index in [0.29, 0.717) is 0 Å². The van der Waals surface area contributed by atoms with E-state index in [1.54, 1.807) is 0 Å². The lowest BCUT2D eigenvalue weighted by molar-refractivity contribution is -0.133. The lowest BCUT2D eigenvalue weighted by Gasteiger charge is -2.07. The third-order valence-electron chi connectivity index (χ3n) is 1.80. The van der Waals surface area contributed by atoms with Crippen molar-refractivity contribution in [2.45, 2.75) is 6.92 Å². The molecule has 5 nitrogen and oxygen atoms in total. The van der Waals surface area contributed by atoms with Gasteiger partial charge in [0.1, 0.15) is 5.82 Å². The Morgan fingerprint density at radius 3 is 2.44 bits per heavy atom. The van der Waals surface area contributed by atoms with Gasteiger partial charge in [0, 0.05) is 6.92 Å². The number of hydrogen-bond donors (Lipinski definition) is 2. The van der Waals surface area contributed by atoms with Crippen molar-refractivity contribution in [2.24, 2.45) is 0 Å². The van der Waals surface area contributed by atoms with E-state index in [4.69, 9.17) is 5.11 Å². The fourth-order valence-electron chi connectivity index (χ4n) is 1.03. The molecule has 16 heavy (non-hydrogen) atoms. The number of carbonyl (C=O) groups is 3. The highest BCUT2D eigenvalue weighted by Gasteiger charge is 2.18. The summed E-state index contributed by atoms with van der Waals surface area (Å²) in [5.41, 5.74) is -0.912. The number of carbonyl (C=O) groups excluding carboxylic acids is 2.